The molecule has 136 valence electrons. The van der Waals surface area contributed by atoms with Gasteiger partial charge in [0.05, 0.1) is 9.13 Å². The zero-order valence-electron chi connectivity index (χ0n) is 15.2. The summed E-state index contributed by atoms with van der Waals surface area (Å²) in [5.74, 6) is 0. The molecule has 1 aromatic carbocycles. The molecule has 3 nitrogen and oxygen atoms in total. The number of fused-ring (bicyclic) bond motifs is 1. The fraction of sp³-hybridized carbons (Fsp3) is 0.650. The van der Waals surface area contributed by atoms with Crippen LogP contribution in [0.4, 0.5) is 0 Å². The molecule has 2 rings (SSSR count). The summed E-state index contributed by atoms with van der Waals surface area (Å²) < 4.78 is 2.01. The van der Waals surface area contributed by atoms with Crippen LogP contribution in [0.25, 0.3) is 0 Å². The zero-order chi connectivity index (χ0) is 18.3. The van der Waals surface area contributed by atoms with Crippen LogP contribution < -0.4 is 10.7 Å². The van der Waals surface area contributed by atoms with Crippen LogP contribution in [0, 0.1) is 18.5 Å². The average Bonchev–Trinajstić information content (AvgIpc) is 3.00. The Bertz CT molecular complexity index is 738. The molecule has 0 fully saturated rings. The van der Waals surface area contributed by atoms with Crippen molar-refractivity contribution in [1.29, 1.82) is 5.26 Å². The number of benzene rings is 1. The van der Waals surface area contributed by atoms with Gasteiger partial charge in [0, 0.05) is 3.57 Å². The molecule has 1 aromatic rings. The molecule has 0 saturated carbocycles. The number of nitriles is 1. The minimum absolute atomic E-state index is 0.294. The van der Waals surface area contributed by atoms with Gasteiger partial charge in [-0.05, 0) is 76.9 Å². The topological polar surface area (TPSA) is 48.5 Å². The van der Waals surface area contributed by atoms with Gasteiger partial charge in [0.15, 0.2) is 5.66 Å². The molecule has 1 aliphatic heterocycles. The number of unbranched alkanes of at least 4 members (excludes halogenated alkanes) is 6. The van der Waals surface area contributed by atoms with E-state index in [1.165, 1.54) is 51.4 Å². The van der Waals surface area contributed by atoms with E-state index in [4.69, 9.17) is 9.98 Å². The van der Waals surface area contributed by atoms with Gasteiger partial charge in [-0.2, -0.15) is 5.26 Å². The van der Waals surface area contributed by atoms with Crippen LogP contribution >= 0.6 is 45.2 Å². The predicted octanol–water partition coefficient (Wildman–Crippen LogP) is 5.66. The maximum absolute atomic E-state index is 9.37. The first kappa shape index (κ1) is 21.1. The van der Waals surface area contributed by atoms with Gasteiger partial charge < -0.3 is 0 Å². The van der Waals surface area contributed by atoms with E-state index in [0.717, 1.165) is 36.3 Å². The van der Waals surface area contributed by atoms with Crippen LogP contribution in [0.5, 0.6) is 0 Å². The third kappa shape index (κ3) is 5.38. The Kier molecular flexibility index (Phi) is 8.59. The van der Waals surface area contributed by atoms with Crippen LogP contribution in [0.2, 0.25) is 0 Å². The summed E-state index contributed by atoms with van der Waals surface area (Å²) in [6.07, 6.45) is 12.0. The van der Waals surface area contributed by atoms with E-state index >= 15 is 0 Å². The van der Waals surface area contributed by atoms with Crippen molar-refractivity contribution in [1.82, 2.24) is 0 Å². The van der Waals surface area contributed by atoms with Gasteiger partial charge in [-0.25, -0.2) is 0 Å². The van der Waals surface area contributed by atoms with Crippen molar-refractivity contribution >= 4 is 45.2 Å². The molecule has 5 heteroatoms. The summed E-state index contributed by atoms with van der Waals surface area (Å²) in [6, 6.07) is 4.25. The fourth-order valence-corrected chi connectivity index (χ4v) is 4.69. The van der Waals surface area contributed by atoms with E-state index in [1.54, 1.807) is 0 Å². The van der Waals surface area contributed by atoms with Gasteiger partial charge in [-0.1, -0.05) is 52.4 Å². The second-order valence-corrected chi connectivity index (χ2v) is 9.10. The Hall–Kier alpha value is -0.230. The quantitative estimate of drug-likeness (QED) is 0.268. The monoisotopic (exact) mass is 563 g/mol. The lowest BCUT2D eigenvalue weighted by Crippen LogP contribution is -2.29. The molecule has 1 aliphatic rings. The molecule has 0 spiro atoms. The molecule has 0 saturated heterocycles. The van der Waals surface area contributed by atoms with E-state index in [-0.39, 0.29) is 5.66 Å². The van der Waals surface area contributed by atoms with Crippen molar-refractivity contribution in [3.8, 4) is 6.07 Å². The summed E-state index contributed by atoms with van der Waals surface area (Å²) in [5, 5.41) is 11.3. The lowest BCUT2D eigenvalue weighted by Gasteiger charge is -2.23. The largest absolute Gasteiger partial charge is 0.252 e. The van der Waals surface area contributed by atoms with Crippen molar-refractivity contribution in [2.24, 2.45) is 9.98 Å². The zero-order valence-corrected chi connectivity index (χ0v) is 19.6. The molecule has 0 bridgehead atoms. The smallest absolute Gasteiger partial charge is 0.151 e. The van der Waals surface area contributed by atoms with Crippen molar-refractivity contribution < 1.29 is 0 Å². The van der Waals surface area contributed by atoms with Crippen LogP contribution in [-0.4, -0.2) is 5.66 Å². The molecule has 0 aliphatic carbocycles. The first-order valence-corrected chi connectivity index (χ1v) is 11.6. The standard InChI is InChI=1S/C20H27I2N3/c1-3-5-7-9-11-20(12-10-8-6-4-2)24-18-16(21)13-15(14-23)17(22)19(18)25-20/h13H,3-12H2,1-2H3. The summed E-state index contributed by atoms with van der Waals surface area (Å²) in [4.78, 5) is 10.2. The van der Waals surface area contributed by atoms with Gasteiger partial charge >= 0.3 is 0 Å². The lowest BCUT2D eigenvalue weighted by molar-refractivity contribution is 0.350. The van der Waals surface area contributed by atoms with E-state index in [9.17, 15) is 5.26 Å². The molecule has 0 N–H and O–H groups in total. The number of rotatable bonds is 10. The maximum Gasteiger partial charge on any atom is 0.151 e. The highest BCUT2D eigenvalue weighted by atomic mass is 127. The third-order valence-electron chi connectivity index (χ3n) is 4.79. The maximum atomic E-state index is 9.37. The predicted molar refractivity (Wildman–Crippen MR) is 119 cm³/mol. The molecule has 0 unspecified atom stereocenters. The molecule has 1 heterocycles. The van der Waals surface area contributed by atoms with E-state index < -0.39 is 0 Å². The Morgan fingerprint density at radius 3 is 2.00 bits per heavy atom. The number of hydrogen-bond acceptors (Lipinski definition) is 3. The molecule has 0 radical (unpaired) electrons. The SMILES string of the molecule is CCCCCCC1(CCCCCC)N=c2c(I)cc(C#N)c(I)c2=N1. The fourth-order valence-electron chi connectivity index (χ4n) is 3.35. The first-order chi connectivity index (χ1) is 12.1. The minimum atomic E-state index is -0.294. The van der Waals surface area contributed by atoms with Gasteiger partial charge in [-0.3, -0.25) is 9.98 Å². The van der Waals surface area contributed by atoms with Crippen molar-refractivity contribution in [3.05, 3.63) is 29.5 Å². The van der Waals surface area contributed by atoms with Gasteiger partial charge in [0.2, 0.25) is 0 Å². The van der Waals surface area contributed by atoms with Gasteiger partial charge in [0.25, 0.3) is 0 Å². The Labute approximate surface area is 178 Å². The Morgan fingerprint density at radius 1 is 0.920 bits per heavy atom. The summed E-state index contributed by atoms with van der Waals surface area (Å²) in [5.41, 5.74) is 0.424. The molecular formula is C20H27I2N3. The Balaban J connectivity index is 2.32. The summed E-state index contributed by atoms with van der Waals surface area (Å²) >= 11 is 4.56. The molecule has 0 aromatic heterocycles. The molecule has 0 atom stereocenters. The molecular weight excluding hydrogens is 536 g/mol. The van der Waals surface area contributed by atoms with E-state index in [0.29, 0.717) is 0 Å². The van der Waals surface area contributed by atoms with Crippen LogP contribution in [0.3, 0.4) is 0 Å². The first-order valence-electron chi connectivity index (χ1n) is 9.44. The average molecular weight is 563 g/mol. The normalized spacial score (nSPS) is 14.5. The minimum Gasteiger partial charge on any atom is -0.252 e. The number of halogens is 2. The number of hydrogen-bond donors (Lipinski definition) is 0. The highest BCUT2D eigenvalue weighted by molar-refractivity contribution is 14.1. The van der Waals surface area contributed by atoms with Crippen molar-refractivity contribution in [2.45, 2.75) is 83.7 Å². The van der Waals surface area contributed by atoms with Crippen molar-refractivity contribution in [2.75, 3.05) is 0 Å². The molecule has 0 amide bonds. The van der Waals surface area contributed by atoms with Gasteiger partial charge in [0.1, 0.15) is 16.8 Å². The third-order valence-corrected chi connectivity index (χ3v) is 6.70. The summed E-state index contributed by atoms with van der Waals surface area (Å²) in [7, 11) is 0. The van der Waals surface area contributed by atoms with Crippen molar-refractivity contribution in [3.63, 3.8) is 0 Å². The second kappa shape index (κ2) is 10.2. The highest BCUT2D eigenvalue weighted by Crippen LogP contribution is 2.30. The van der Waals surface area contributed by atoms with Crippen LogP contribution in [-0.2, 0) is 0 Å². The summed E-state index contributed by atoms with van der Waals surface area (Å²) in [6.45, 7) is 4.49. The van der Waals surface area contributed by atoms with E-state index in [2.05, 4.69) is 65.1 Å². The van der Waals surface area contributed by atoms with Gasteiger partial charge in [-0.15, -0.1) is 0 Å². The second-order valence-electron chi connectivity index (χ2n) is 6.86. The van der Waals surface area contributed by atoms with Crippen LogP contribution in [0.15, 0.2) is 16.1 Å². The highest BCUT2D eigenvalue weighted by Gasteiger charge is 2.31. The van der Waals surface area contributed by atoms with E-state index in [1.807, 2.05) is 6.07 Å². The number of nitrogens with zero attached hydrogens (tertiary/aromatic N) is 3. The lowest BCUT2D eigenvalue weighted by atomic mass is 9.95. The molecule has 25 heavy (non-hydrogen) atoms. The Morgan fingerprint density at radius 2 is 1.48 bits per heavy atom. The van der Waals surface area contributed by atoms with Crippen LogP contribution in [0.1, 0.15) is 83.6 Å².